The molecule has 0 bridgehead atoms. The number of para-hydroxylation sites is 3. The Kier molecular flexibility index (Phi) is 4.56. The average molecular weight is 345 g/mol. The predicted molar refractivity (Wildman–Crippen MR) is 99.7 cm³/mol. The van der Waals surface area contributed by atoms with Crippen LogP contribution in [0.2, 0.25) is 0 Å². The second kappa shape index (κ2) is 7.31. The van der Waals surface area contributed by atoms with Crippen molar-refractivity contribution in [3.05, 3.63) is 90.0 Å². The minimum Gasteiger partial charge on any atom is -0.493 e. The van der Waals surface area contributed by atoms with Gasteiger partial charge in [-0.2, -0.15) is 0 Å². The largest absolute Gasteiger partial charge is 0.493 e. The zero-order valence-corrected chi connectivity index (χ0v) is 14.2. The summed E-state index contributed by atoms with van der Waals surface area (Å²) in [5, 5.41) is 3.12. The first-order valence-electron chi connectivity index (χ1n) is 8.66. The molecule has 0 aromatic heterocycles. The molecule has 3 aromatic carbocycles. The zero-order valence-electron chi connectivity index (χ0n) is 14.2. The van der Waals surface area contributed by atoms with Crippen LogP contribution in [0, 0.1) is 0 Å². The molecule has 1 heterocycles. The molecule has 4 rings (SSSR count). The van der Waals surface area contributed by atoms with Gasteiger partial charge in [-0.3, -0.25) is 4.79 Å². The summed E-state index contributed by atoms with van der Waals surface area (Å²) in [5.41, 5.74) is 1.52. The molecule has 0 saturated carbocycles. The Bertz CT molecular complexity index is 908. The molecule has 3 aromatic rings. The maximum atomic E-state index is 12.9. The monoisotopic (exact) mass is 345 g/mol. The Labute approximate surface area is 152 Å². The van der Waals surface area contributed by atoms with Gasteiger partial charge in [0.25, 0.3) is 5.91 Å². The third kappa shape index (κ3) is 3.40. The van der Waals surface area contributed by atoms with Crippen molar-refractivity contribution in [2.75, 3.05) is 6.61 Å². The fourth-order valence-corrected chi connectivity index (χ4v) is 3.09. The highest BCUT2D eigenvalue weighted by Crippen LogP contribution is 2.32. The van der Waals surface area contributed by atoms with Gasteiger partial charge < -0.3 is 14.8 Å². The number of ether oxygens (including phenoxy) is 2. The molecule has 1 aliphatic heterocycles. The van der Waals surface area contributed by atoms with E-state index in [1.54, 1.807) is 12.1 Å². The normalized spacial score (nSPS) is 15.5. The predicted octanol–water partition coefficient (Wildman–Crippen LogP) is 4.73. The van der Waals surface area contributed by atoms with Crippen LogP contribution in [0.5, 0.6) is 17.2 Å². The van der Waals surface area contributed by atoms with Gasteiger partial charge in [-0.15, -0.1) is 0 Å². The Morgan fingerprint density at radius 3 is 2.54 bits per heavy atom. The molecule has 1 aliphatic rings. The van der Waals surface area contributed by atoms with Crippen LogP contribution in [0.15, 0.2) is 78.9 Å². The van der Waals surface area contributed by atoms with Crippen molar-refractivity contribution < 1.29 is 14.3 Å². The van der Waals surface area contributed by atoms with E-state index >= 15 is 0 Å². The second-order valence-electron chi connectivity index (χ2n) is 6.11. The van der Waals surface area contributed by atoms with Crippen molar-refractivity contribution in [1.29, 1.82) is 0 Å². The van der Waals surface area contributed by atoms with E-state index in [-0.39, 0.29) is 11.9 Å². The molecule has 0 spiro atoms. The molecule has 1 atom stereocenters. The molecule has 1 unspecified atom stereocenters. The summed E-state index contributed by atoms with van der Waals surface area (Å²) in [6.07, 6.45) is 0.741. The maximum Gasteiger partial charge on any atom is 0.255 e. The molecule has 0 aliphatic carbocycles. The van der Waals surface area contributed by atoms with E-state index in [4.69, 9.17) is 9.47 Å². The molecule has 4 heteroatoms. The smallest absolute Gasteiger partial charge is 0.255 e. The summed E-state index contributed by atoms with van der Waals surface area (Å²) in [5.74, 6) is 1.91. The summed E-state index contributed by atoms with van der Waals surface area (Å²) < 4.78 is 11.6. The first-order chi connectivity index (χ1) is 12.8. The molecule has 0 radical (unpaired) electrons. The van der Waals surface area contributed by atoms with Gasteiger partial charge in [0.15, 0.2) is 0 Å². The van der Waals surface area contributed by atoms with Gasteiger partial charge in [-0.1, -0.05) is 48.5 Å². The standard InChI is InChI=1S/C22H19NO3/c24-22(23-19-14-15-25-20-12-6-4-10-17(19)20)18-11-5-7-13-21(18)26-16-8-2-1-3-9-16/h1-13,19H,14-15H2,(H,23,24). The Hall–Kier alpha value is -3.27. The van der Waals surface area contributed by atoms with E-state index in [0.29, 0.717) is 23.7 Å². The van der Waals surface area contributed by atoms with Gasteiger partial charge in [0, 0.05) is 12.0 Å². The van der Waals surface area contributed by atoms with E-state index in [0.717, 1.165) is 17.7 Å². The van der Waals surface area contributed by atoms with Gasteiger partial charge in [0.2, 0.25) is 0 Å². The van der Waals surface area contributed by atoms with E-state index in [9.17, 15) is 4.79 Å². The molecule has 1 N–H and O–H groups in total. The van der Waals surface area contributed by atoms with Gasteiger partial charge in [0.05, 0.1) is 18.2 Å². The van der Waals surface area contributed by atoms with Crippen molar-refractivity contribution in [3.63, 3.8) is 0 Å². The average Bonchev–Trinajstić information content (AvgIpc) is 2.69. The third-order valence-corrected chi connectivity index (χ3v) is 4.37. The van der Waals surface area contributed by atoms with Crippen LogP contribution in [0.1, 0.15) is 28.4 Å². The molecular formula is C22H19NO3. The van der Waals surface area contributed by atoms with Crippen molar-refractivity contribution in [2.45, 2.75) is 12.5 Å². The van der Waals surface area contributed by atoms with Crippen LogP contribution >= 0.6 is 0 Å². The summed E-state index contributed by atoms with van der Waals surface area (Å²) in [7, 11) is 0. The van der Waals surface area contributed by atoms with E-state index in [1.165, 1.54) is 0 Å². The summed E-state index contributed by atoms with van der Waals surface area (Å²) in [6.45, 7) is 0.587. The number of amides is 1. The molecule has 0 saturated heterocycles. The Morgan fingerprint density at radius 1 is 0.923 bits per heavy atom. The fourth-order valence-electron chi connectivity index (χ4n) is 3.09. The first kappa shape index (κ1) is 16.2. The first-order valence-corrected chi connectivity index (χ1v) is 8.66. The number of benzene rings is 3. The molecule has 0 fully saturated rings. The fraction of sp³-hybridized carbons (Fsp3) is 0.136. The highest BCUT2D eigenvalue weighted by atomic mass is 16.5. The van der Waals surface area contributed by atoms with Gasteiger partial charge >= 0.3 is 0 Å². The number of carbonyl (C=O) groups is 1. The van der Waals surface area contributed by atoms with Crippen LogP contribution in [0.25, 0.3) is 0 Å². The van der Waals surface area contributed by atoms with Crippen LogP contribution < -0.4 is 14.8 Å². The van der Waals surface area contributed by atoms with Gasteiger partial charge in [-0.05, 0) is 30.3 Å². The lowest BCUT2D eigenvalue weighted by atomic mass is 10.00. The number of rotatable bonds is 4. The lowest BCUT2D eigenvalue weighted by Gasteiger charge is -2.26. The van der Waals surface area contributed by atoms with Crippen LogP contribution in [0.3, 0.4) is 0 Å². The topological polar surface area (TPSA) is 47.6 Å². The van der Waals surface area contributed by atoms with Crippen LogP contribution in [0.4, 0.5) is 0 Å². The van der Waals surface area contributed by atoms with E-state index in [2.05, 4.69) is 5.32 Å². The number of nitrogens with one attached hydrogen (secondary N) is 1. The second-order valence-corrected chi connectivity index (χ2v) is 6.11. The quantitative estimate of drug-likeness (QED) is 0.743. The number of hydrogen-bond donors (Lipinski definition) is 1. The summed E-state index contributed by atoms with van der Waals surface area (Å²) in [4.78, 5) is 12.9. The van der Waals surface area contributed by atoms with E-state index in [1.807, 2.05) is 66.7 Å². The Balaban J connectivity index is 1.56. The lowest BCUT2D eigenvalue weighted by Crippen LogP contribution is -2.32. The van der Waals surface area contributed by atoms with Crippen LogP contribution in [-0.4, -0.2) is 12.5 Å². The molecule has 4 nitrogen and oxygen atoms in total. The summed E-state index contributed by atoms with van der Waals surface area (Å²) >= 11 is 0. The molecular weight excluding hydrogens is 326 g/mol. The van der Waals surface area contributed by atoms with Crippen LogP contribution in [-0.2, 0) is 0 Å². The maximum absolute atomic E-state index is 12.9. The highest BCUT2D eigenvalue weighted by Gasteiger charge is 2.24. The minimum absolute atomic E-state index is 0.0720. The van der Waals surface area contributed by atoms with E-state index < -0.39 is 0 Å². The van der Waals surface area contributed by atoms with Crippen molar-refractivity contribution in [1.82, 2.24) is 5.32 Å². The summed E-state index contributed by atoms with van der Waals surface area (Å²) in [6, 6.07) is 24.5. The molecule has 130 valence electrons. The lowest BCUT2D eigenvalue weighted by molar-refractivity contribution is 0.0922. The minimum atomic E-state index is -0.154. The van der Waals surface area contributed by atoms with Gasteiger partial charge in [-0.25, -0.2) is 0 Å². The highest BCUT2D eigenvalue weighted by molar-refractivity contribution is 5.97. The van der Waals surface area contributed by atoms with Crippen molar-refractivity contribution in [3.8, 4) is 17.2 Å². The van der Waals surface area contributed by atoms with Crippen molar-refractivity contribution >= 4 is 5.91 Å². The SMILES string of the molecule is O=C(NC1CCOc2ccccc21)c1ccccc1Oc1ccccc1. The third-order valence-electron chi connectivity index (χ3n) is 4.37. The number of carbonyl (C=O) groups excluding carboxylic acids is 1. The Morgan fingerprint density at radius 2 is 1.65 bits per heavy atom. The van der Waals surface area contributed by atoms with Crippen molar-refractivity contribution in [2.24, 2.45) is 0 Å². The zero-order chi connectivity index (χ0) is 17.8. The molecule has 1 amide bonds. The van der Waals surface area contributed by atoms with Gasteiger partial charge in [0.1, 0.15) is 17.2 Å². The number of hydrogen-bond acceptors (Lipinski definition) is 3. The molecule has 26 heavy (non-hydrogen) atoms. The number of fused-ring (bicyclic) bond motifs is 1.